The van der Waals surface area contributed by atoms with Crippen molar-refractivity contribution in [3.63, 3.8) is 0 Å². The van der Waals surface area contributed by atoms with Gasteiger partial charge in [-0.25, -0.2) is 0 Å². The highest BCUT2D eigenvalue weighted by molar-refractivity contribution is 5.85. The van der Waals surface area contributed by atoms with Crippen LogP contribution in [-0.4, -0.2) is 48.9 Å². The van der Waals surface area contributed by atoms with E-state index in [0.29, 0.717) is 31.9 Å². The molecule has 0 aliphatic rings. The van der Waals surface area contributed by atoms with E-state index in [-0.39, 0.29) is 54.1 Å². The third-order valence-electron chi connectivity index (χ3n) is 7.41. The fourth-order valence-corrected chi connectivity index (χ4v) is 4.61. The highest BCUT2D eigenvalue weighted by atomic mass is 35.5. The second-order valence-electron chi connectivity index (χ2n) is 12.5. The van der Waals surface area contributed by atoms with Crippen LogP contribution in [0.4, 0.5) is 0 Å². The molecule has 5 atom stereocenters. The highest BCUT2D eigenvalue weighted by Gasteiger charge is 2.27. The van der Waals surface area contributed by atoms with Gasteiger partial charge < -0.3 is 25.6 Å². The van der Waals surface area contributed by atoms with E-state index in [1.54, 1.807) is 6.92 Å². The Morgan fingerprint density at radius 2 is 1.70 bits per heavy atom. The fraction of sp³-hybridized carbons (Fsp3) is 0.750. The van der Waals surface area contributed by atoms with Crippen LogP contribution in [0.5, 0.6) is 5.75 Å². The molecule has 40 heavy (non-hydrogen) atoms. The first-order valence-electron chi connectivity index (χ1n) is 14.8. The zero-order chi connectivity index (χ0) is 29.8. The van der Waals surface area contributed by atoms with Gasteiger partial charge in [0, 0.05) is 18.5 Å². The topological polar surface area (TPSA) is 111 Å². The molecule has 7 nitrogen and oxygen atoms in total. The summed E-state index contributed by atoms with van der Waals surface area (Å²) < 4.78 is 11.3. The third-order valence-corrected chi connectivity index (χ3v) is 7.41. The molecule has 1 aromatic rings. The van der Waals surface area contributed by atoms with Crippen molar-refractivity contribution in [3.8, 4) is 5.75 Å². The van der Waals surface area contributed by atoms with Gasteiger partial charge in [0.15, 0.2) is 0 Å². The first-order valence-corrected chi connectivity index (χ1v) is 14.8. The molecule has 4 N–H and O–H groups in total. The second-order valence-corrected chi connectivity index (χ2v) is 12.5. The van der Waals surface area contributed by atoms with Crippen molar-refractivity contribution in [1.82, 2.24) is 5.32 Å². The lowest BCUT2D eigenvalue weighted by Gasteiger charge is -2.29. The van der Waals surface area contributed by atoms with Gasteiger partial charge >= 0.3 is 5.97 Å². The Bertz CT molecular complexity index is 887. The van der Waals surface area contributed by atoms with Crippen LogP contribution in [0.1, 0.15) is 99.1 Å². The largest absolute Gasteiger partial charge is 0.492 e. The molecule has 0 aliphatic heterocycles. The smallest absolute Gasteiger partial charge is 0.312 e. The van der Waals surface area contributed by atoms with Gasteiger partial charge in [0.05, 0.1) is 18.6 Å². The number of halogens is 1. The number of hydrogen-bond acceptors (Lipinski definition) is 6. The predicted octanol–water partition coefficient (Wildman–Crippen LogP) is 5.82. The van der Waals surface area contributed by atoms with Crippen molar-refractivity contribution >= 4 is 24.3 Å². The van der Waals surface area contributed by atoms with Crippen LogP contribution in [0.15, 0.2) is 18.2 Å². The molecule has 0 bridgehead atoms. The molecule has 0 saturated carbocycles. The molecule has 0 fully saturated rings. The van der Waals surface area contributed by atoms with Crippen LogP contribution in [0.3, 0.4) is 0 Å². The summed E-state index contributed by atoms with van der Waals surface area (Å²) in [4.78, 5) is 24.4. The normalized spacial score (nSPS) is 15.4. The van der Waals surface area contributed by atoms with Gasteiger partial charge in [0.25, 0.3) is 0 Å². The van der Waals surface area contributed by atoms with Crippen molar-refractivity contribution in [2.45, 2.75) is 112 Å². The lowest BCUT2D eigenvalue weighted by molar-refractivity contribution is -0.148. The summed E-state index contributed by atoms with van der Waals surface area (Å²) in [5, 5.41) is 13.8. The summed E-state index contributed by atoms with van der Waals surface area (Å²) in [6, 6.07) is 5.92. The average Bonchev–Trinajstić information content (AvgIpc) is 2.86. The maximum Gasteiger partial charge on any atom is 0.312 e. The number of rotatable bonds is 17. The molecule has 8 heteroatoms. The number of carbonyl (C=O) groups excluding carboxylic acids is 2. The number of esters is 1. The number of nitrogens with two attached hydrogens (primary N) is 1. The number of benzene rings is 1. The van der Waals surface area contributed by atoms with Gasteiger partial charge in [0.1, 0.15) is 12.4 Å². The summed E-state index contributed by atoms with van der Waals surface area (Å²) in [5.41, 5.74) is 8.57. The number of amides is 1. The van der Waals surface area contributed by atoms with Crippen LogP contribution >= 0.6 is 12.4 Å². The van der Waals surface area contributed by atoms with Crippen molar-refractivity contribution < 1.29 is 24.2 Å². The van der Waals surface area contributed by atoms with E-state index in [1.165, 1.54) is 0 Å². The van der Waals surface area contributed by atoms with Crippen molar-refractivity contribution in [3.05, 3.63) is 29.3 Å². The molecular weight excluding hydrogens is 528 g/mol. The van der Waals surface area contributed by atoms with Gasteiger partial charge in [0.2, 0.25) is 5.91 Å². The Morgan fingerprint density at radius 1 is 1.05 bits per heavy atom. The molecule has 0 radical (unpaired) electrons. The van der Waals surface area contributed by atoms with Crippen molar-refractivity contribution in [1.29, 1.82) is 0 Å². The quantitative estimate of drug-likeness (QED) is 0.157. The minimum Gasteiger partial charge on any atom is -0.492 e. The number of nitrogens with one attached hydrogen (secondary N) is 1. The van der Waals surface area contributed by atoms with Gasteiger partial charge in [-0.05, 0) is 74.0 Å². The van der Waals surface area contributed by atoms with Crippen LogP contribution in [0, 0.1) is 23.7 Å². The zero-order valence-corrected chi connectivity index (χ0v) is 27.2. The van der Waals surface area contributed by atoms with Crippen molar-refractivity contribution in [2.75, 3.05) is 19.8 Å². The van der Waals surface area contributed by atoms with E-state index in [0.717, 1.165) is 36.1 Å². The van der Waals surface area contributed by atoms with Crippen LogP contribution in [-0.2, 0) is 26.2 Å². The summed E-state index contributed by atoms with van der Waals surface area (Å²) in [5.74, 6) is 0.446. The fourth-order valence-electron chi connectivity index (χ4n) is 4.61. The molecule has 232 valence electrons. The highest BCUT2D eigenvalue weighted by Crippen LogP contribution is 2.34. The predicted molar refractivity (Wildman–Crippen MR) is 166 cm³/mol. The lowest BCUT2D eigenvalue weighted by atomic mass is 9.81. The summed E-state index contributed by atoms with van der Waals surface area (Å²) >= 11 is 0. The number of hydrogen-bond donors (Lipinski definition) is 3. The van der Waals surface area contributed by atoms with Gasteiger partial charge in [-0.3, -0.25) is 9.59 Å². The Balaban J connectivity index is 0.0000152. The second kappa shape index (κ2) is 18.6. The Labute approximate surface area is 249 Å². The van der Waals surface area contributed by atoms with E-state index in [1.807, 2.05) is 13.8 Å². The Morgan fingerprint density at radius 3 is 2.25 bits per heavy atom. The molecule has 1 amide bonds. The van der Waals surface area contributed by atoms with Crippen LogP contribution in [0.25, 0.3) is 0 Å². The SMILES string of the molecule is CCCCNC(=O)C(C)C[C@H](O)[C@@H](N)C[C@H](Cc1ccc(C(C)(C)C)c(OCC(C)C(=O)OCC)c1)C(C)C.Cl. The average molecular weight is 585 g/mol. The Kier molecular flexibility index (Phi) is 17.7. The van der Waals surface area contributed by atoms with Crippen molar-refractivity contribution in [2.24, 2.45) is 29.4 Å². The first-order chi connectivity index (χ1) is 18.2. The standard InChI is InChI=1S/C32H56N2O5.ClH/c1-10-12-15-34-30(36)22(5)16-28(35)27(33)19-25(21(3)4)17-24-13-14-26(32(7,8)9)29(18-24)39-20-23(6)31(37)38-11-2;/h13-14,18,21-23,25,27-28,35H,10-12,15-17,19-20,33H2,1-9H3,(H,34,36);1H/t22?,23?,25-,27-,28-;/m0./s1. The minimum absolute atomic E-state index is 0. The molecule has 0 spiro atoms. The number of aliphatic hydroxyl groups is 1. The molecule has 2 unspecified atom stereocenters. The number of ether oxygens (including phenoxy) is 2. The van der Waals surface area contributed by atoms with E-state index < -0.39 is 12.1 Å². The summed E-state index contributed by atoms with van der Waals surface area (Å²) in [7, 11) is 0. The first kappa shape index (κ1) is 38.2. The van der Waals surface area contributed by atoms with E-state index in [9.17, 15) is 14.7 Å². The molecular formula is C32H57ClN2O5. The summed E-state index contributed by atoms with van der Waals surface area (Å²) in [6.07, 6.45) is 3.02. The zero-order valence-electron chi connectivity index (χ0n) is 26.4. The number of aliphatic hydroxyl groups excluding tert-OH is 1. The Hall–Kier alpha value is -1.83. The van der Waals surface area contributed by atoms with Gasteiger partial charge in [-0.15, -0.1) is 12.4 Å². The minimum atomic E-state index is -0.746. The maximum absolute atomic E-state index is 12.3. The van der Waals surface area contributed by atoms with Crippen LogP contribution < -0.4 is 15.8 Å². The van der Waals surface area contributed by atoms with Crippen LogP contribution in [0.2, 0.25) is 0 Å². The van der Waals surface area contributed by atoms with E-state index >= 15 is 0 Å². The van der Waals surface area contributed by atoms with Gasteiger partial charge in [-0.1, -0.05) is 67.0 Å². The summed E-state index contributed by atoms with van der Waals surface area (Å²) in [6.45, 7) is 19.6. The molecule has 1 rings (SSSR count). The molecule has 0 heterocycles. The lowest BCUT2D eigenvalue weighted by Crippen LogP contribution is -2.41. The molecule has 1 aromatic carbocycles. The maximum atomic E-state index is 12.3. The molecule has 0 aromatic heterocycles. The molecule has 0 aliphatic carbocycles. The third kappa shape index (κ3) is 13.2. The number of unbranched alkanes of at least 4 members (excludes halogenated alkanes) is 1. The molecule has 0 saturated heterocycles. The van der Waals surface area contributed by atoms with Gasteiger partial charge in [-0.2, -0.15) is 0 Å². The number of carbonyl (C=O) groups is 2. The monoisotopic (exact) mass is 584 g/mol. The van der Waals surface area contributed by atoms with E-state index in [4.69, 9.17) is 15.2 Å². The van der Waals surface area contributed by atoms with E-state index in [2.05, 4.69) is 65.1 Å².